The number of carbonyl (C=O) groups excluding carboxylic acids is 1. The van der Waals surface area contributed by atoms with E-state index in [2.05, 4.69) is 6.92 Å². The highest BCUT2D eigenvalue weighted by atomic mass is 16.3. The van der Waals surface area contributed by atoms with Gasteiger partial charge in [-0.3, -0.25) is 4.79 Å². The standard InChI is InChI=1S/C14H24N2O2/c1-4-8-15-9-5-7-13(15)14(18)16(12(2)3)10-6-11-17/h5,7,9,12,17H,4,6,8,10-11H2,1-3H3. The molecule has 0 aromatic carbocycles. The molecule has 1 rings (SSSR count). The largest absolute Gasteiger partial charge is 0.396 e. The van der Waals surface area contributed by atoms with E-state index in [1.807, 2.05) is 41.6 Å². The summed E-state index contributed by atoms with van der Waals surface area (Å²) in [6.45, 7) is 7.68. The van der Waals surface area contributed by atoms with Crippen molar-refractivity contribution in [2.24, 2.45) is 0 Å². The summed E-state index contributed by atoms with van der Waals surface area (Å²) in [5.41, 5.74) is 0.739. The summed E-state index contributed by atoms with van der Waals surface area (Å²) >= 11 is 0. The minimum atomic E-state index is 0.0527. The molecule has 1 aromatic heterocycles. The van der Waals surface area contributed by atoms with Crippen molar-refractivity contribution in [3.05, 3.63) is 24.0 Å². The summed E-state index contributed by atoms with van der Waals surface area (Å²) in [6.07, 6.45) is 3.58. The second kappa shape index (κ2) is 7.21. The van der Waals surface area contributed by atoms with E-state index in [4.69, 9.17) is 5.11 Å². The molecular formula is C14H24N2O2. The molecule has 0 radical (unpaired) electrons. The van der Waals surface area contributed by atoms with Crippen LogP contribution in [0.2, 0.25) is 0 Å². The highest BCUT2D eigenvalue weighted by molar-refractivity contribution is 5.93. The fraction of sp³-hybridized carbons (Fsp3) is 0.643. The molecule has 0 saturated carbocycles. The summed E-state index contributed by atoms with van der Waals surface area (Å²) in [4.78, 5) is 14.3. The Morgan fingerprint density at radius 1 is 1.50 bits per heavy atom. The van der Waals surface area contributed by atoms with Gasteiger partial charge in [-0.1, -0.05) is 6.92 Å². The lowest BCUT2D eigenvalue weighted by Gasteiger charge is -2.27. The molecule has 1 aromatic rings. The summed E-state index contributed by atoms with van der Waals surface area (Å²) in [5, 5.41) is 8.90. The summed E-state index contributed by atoms with van der Waals surface area (Å²) in [6, 6.07) is 3.92. The monoisotopic (exact) mass is 252 g/mol. The quantitative estimate of drug-likeness (QED) is 0.808. The Morgan fingerprint density at radius 3 is 2.78 bits per heavy atom. The second-order valence-electron chi connectivity index (χ2n) is 4.76. The van der Waals surface area contributed by atoms with Gasteiger partial charge in [-0.2, -0.15) is 0 Å². The number of amides is 1. The molecular weight excluding hydrogens is 228 g/mol. The van der Waals surface area contributed by atoms with Gasteiger partial charge in [0.15, 0.2) is 0 Å². The zero-order valence-electron chi connectivity index (χ0n) is 11.6. The first-order valence-electron chi connectivity index (χ1n) is 6.68. The van der Waals surface area contributed by atoms with E-state index in [1.165, 1.54) is 0 Å². The number of aryl methyl sites for hydroxylation is 1. The van der Waals surface area contributed by atoms with Crippen LogP contribution in [0, 0.1) is 0 Å². The van der Waals surface area contributed by atoms with Crippen molar-refractivity contribution in [1.29, 1.82) is 0 Å². The van der Waals surface area contributed by atoms with Crippen LogP contribution in [0.15, 0.2) is 18.3 Å². The Bertz CT molecular complexity index is 372. The maximum Gasteiger partial charge on any atom is 0.270 e. The van der Waals surface area contributed by atoms with Crippen LogP contribution >= 0.6 is 0 Å². The van der Waals surface area contributed by atoms with Crippen LogP contribution in [-0.4, -0.2) is 39.7 Å². The average Bonchev–Trinajstić information content (AvgIpc) is 2.77. The number of nitrogens with zero attached hydrogens (tertiary/aromatic N) is 2. The van der Waals surface area contributed by atoms with E-state index < -0.39 is 0 Å². The fourth-order valence-corrected chi connectivity index (χ4v) is 2.03. The molecule has 0 fully saturated rings. The van der Waals surface area contributed by atoms with Gasteiger partial charge in [0.1, 0.15) is 5.69 Å². The lowest BCUT2D eigenvalue weighted by molar-refractivity contribution is 0.0682. The van der Waals surface area contributed by atoms with Crippen LogP contribution in [0.3, 0.4) is 0 Å². The average molecular weight is 252 g/mol. The summed E-state index contributed by atoms with van der Waals surface area (Å²) in [7, 11) is 0. The molecule has 18 heavy (non-hydrogen) atoms. The van der Waals surface area contributed by atoms with Crippen LogP contribution in [0.5, 0.6) is 0 Å². The smallest absolute Gasteiger partial charge is 0.270 e. The van der Waals surface area contributed by atoms with E-state index in [0.29, 0.717) is 13.0 Å². The number of hydrogen-bond acceptors (Lipinski definition) is 2. The molecule has 0 aliphatic heterocycles. The topological polar surface area (TPSA) is 45.5 Å². The highest BCUT2D eigenvalue weighted by Gasteiger charge is 2.20. The molecule has 1 N–H and O–H groups in total. The number of carbonyl (C=O) groups is 1. The molecule has 0 saturated heterocycles. The van der Waals surface area contributed by atoms with E-state index in [-0.39, 0.29) is 18.6 Å². The van der Waals surface area contributed by atoms with Crippen molar-refractivity contribution in [3.8, 4) is 0 Å². The molecule has 0 aliphatic rings. The lowest BCUT2D eigenvalue weighted by atomic mass is 10.2. The SMILES string of the molecule is CCCn1cccc1C(=O)N(CCCO)C(C)C. The number of rotatable bonds is 7. The van der Waals surface area contributed by atoms with Crippen LogP contribution in [0.1, 0.15) is 44.1 Å². The van der Waals surface area contributed by atoms with Crippen molar-refractivity contribution in [3.63, 3.8) is 0 Å². The van der Waals surface area contributed by atoms with Gasteiger partial charge in [-0.15, -0.1) is 0 Å². The number of hydrogen-bond donors (Lipinski definition) is 1. The first-order valence-corrected chi connectivity index (χ1v) is 6.68. The minimum absolute atomic E-state index is 0.0527. The lowest BCUT2D eigenvalue weighted by Crippen LogP contribution is -2.39. The van der Waals surface area contributed by atoms with Crippen molar-refractivity contribution in [2.75, 3.05) is 13.2 Å². The third-order valence-electron chi connectivity index (χ3n) is 2.95. The van der Waals surface area contributed by atoms with Gasteiger partial charge in [0.05, 0.1) is 0 Å². The van der Waals surface area contributed by atoms with Crippen molar-refractivity contribution in [2.45, 2.75) is 46.2 Å². The van der Waals surface area contributed by atoms with E-state index in [0.717, 1.165) is 18.7 Å². The van der Waals surface area contributed by atoms with Gasteiger partial charge in [0, 0.05) is 31.9 Å². The predicted octanol–water partition coefficient (Wildman–Crippen LogP) is 2.13. The molecule has 1 amide bonds. The highest BCUT2D eigenvalue weighted by Crippen LogP contribution is 2.11. The Labute approximate surface area is 109 Å². The third kappa shape index (κ3) is 3.60. The van der Waals surface area contributed by atoms with E-state index >= 15 is 0 Å². The number of aromatic nitrogens is 1. The predicted molar refractivity (Wildman–Crippen MR) is 72.6 cm³/mol. The van der Waals surface area contributed by atoms with E-state index in [1.54, 1.807) is 0 Å². The number of aliphatic hydroxyl groups excluding tert-OH is 1. The molecule has 0 unspecified atom stereocenters. The molecule has 0 bridgehead atoms. The molecule has 0 spiro atoms. The molecule has 4 heteroatoms. The summed E-state index contributed by atoms with van der Waals surface area (Å²) < 4.78 is 2.00. The first kappa shape index (κ1) is 14.8. The normalized spacial score (nSPS) is 10.9. The van der Waals surface area contributed by atoms with Crippen molar-refractivity contribution >= 4 is 5.91 Å². The first-order chi connectivity index (χ1) is 8.61. The van der Waals surface area contributed by atoms with Crippen molar-refractivity contribution in [1.82, 2.24) is 9.47 Å². The van der Waals surface area contributed by atoms with Gasteiger partial charge >= 0.3 is 0 Å². The van der Waals surface area contributed by atoms with Crippen LogP contribution in [-0.2, 0) is 6.54 Å². The Morgan fingerprint density at radius 2 is 2.22 bits per heavy atom. The third-order valence-corrected chi connectivity index (χ3v) is 2.95. The van der Waals surface area contributed by atoms with Gasteiger partial charge in [0.25, 0.3) is 5.91 Å². The molecule has 4 nitrogen and oxygen atoms in total. The maximum atomic E-state index is 12.5. The maximum absolute atomic E-state index is 12.5. The molecule has 0 atom stereocenters. The second-order valence-corrected chi connectivity index (χ2v) is 4.76. The molecule has 0 aliphatic carbocycles. The van der Waals surface area contributed by atoms with E-state index in [9.17, 15) is 4.79 Å². The van der Waals surface area contributed by atoms with Gasteiger partial charge in [-0.25, -0.2) is 0 Å². The van der Waals surface area contributed by atoms with Gasteiger partial charge in [-0.05, 0) is 38.8 Å². The van der Waals surface area contributed by atoms with Gasteiger partial charge in [0.2, 0.25) is 0 Å². The van der Waals surface area contributed by atoms with Crippen molar-refractivity contribution < 1.29 is 9.90 Å². The number of aliphatic hydroxyl groups is 1. The van der Waals surface area contributed by atoms with Gasteiger partial charge < -0.3 is 14.6 Å². The molecule has 1 heterocycles. The zero-order valence-corrected chi connectivity index (χ0v) is 11.6. The van der Waals surface area contributed by atoms with Crippen LogP contribution in [0.4, 0.5) is 0 Å². The van der Waals surface area contributed by atoms with Crippen LogP contribution in [0.25, 0.3) is 0 Å². The zero-order chi connectivity index (χ0) is 13.5. The minimum Gasteiger partial charge on any atom is -0.396 e. The Kier molecular flexibility index (Phi) is 5.92. The summed E-state index contributed by atoms with van der Waals surface area (Å²) in [5.74, 6) is 0.0527. The Balaban J connectivity index is 2.84. The molecule has 102 valence electrons. The van der Waals surface area contributed by atoms with Crippen LogP contribution < -0.4 is 0 Å². The Hall–Kier alpha value is -1.29. The fourth-order valence-electron chi connectivity index (χ4n) is 2.03.